The molecule has 1 atom stereocenters. The third kappa shape index (κ3) is 8.60. The molecule has 1 amide bonds. The van der Waals surface area contributed by atoms with Crippen LogP contribution in [0.15, 0.2) is 18.2 Å². The molecule has 0 aliphatic rings. The number of aromatic hydroxyl groups is 1. The van der Waals surface area contributed by atoms with Gasteiger partial charge < -0.3 is 30.0 Å². The monoisotopic (exact) mass is 382 g/mol. The summed E-state index contributed by atoms with van der Waals surface area (Å²) in [5, 5.41) is 16.0. The van der Waals surface area contributed by atoms with Gasteiger partial charge >= 0.3 is 0 Å². The standard InChI is InChI=1S/C20H34N2O5/c1-20(2,3)12-15(22-13-18(26-5)27-6)19(24)21-10-9-14-7-8-17(25-4)16(23)11-14/h7-8,11,15,18,22-23H,9-10,12-13H2,1-6H3,(H,21,24)/t15-/m1/s1. The van der Waals surface area contributed by atoms with E-state index in [1.54, 1.807) is 26.4 Å². The number of hydrogen-bond acceptors (Lipinski definition) is 6. The molecule has 0 heterocycles. The molecule has 0 fully saturated rings. The maximum Gasteiger partial charge on any atom is 0.237 e. The fourth-order valence-electron chi connectivity index (χ4n) is 2.72. The Bertz CT molecular complexity index is 582. The highest BCUT2D eigenvalue weighted by Crippen LogP contribution is 2.26. The number of nitrogens with one attached hydrogen (secondary N) is 2. The lowest BCUT2D eigenvalue weighted by Crippen LogP contribution is -2.49. The van der Waals surface area contributed by atoms with Gasteiger partial charge in [-0.15, -0.1) is 0 Å². The topological polar surface area (TPSA) is 89.1 Å². The molecule has 0 aliphatic carbocycles. The van der Waals surface area contributed by atoms with Crippen LogP contribution in [-0.4, -0.2) is 57.8 Å². The van der Waals surface area contributed by atoms with Crippen molar-refractivity contribution in [3.63, 3.8) is 0 Å². The maximum atomic E-state index is 12.6. The minimum Gasteiger partial charge on any atom is -0.504 e. The van der Waals surface area contributed by atoms with E-state index < -0.39 is 6.29 Å². The first kappa shape index (κ1) is 23.2. The highest BCUT2D eigenvalue weighted by molar-refractivity contribution is 5.81. The molecule has 27 heavy (non-hydrogen) atoms. The van der Waals surface area contributed by atoms with E-state index in [9.17, 15) is 9.90 Å². The Labute approximate surface area is 162 Å². The van der Waals surface area contributed by atoms with Gasteiger partial charge in [0.05, 0.1) is 13.2 Å². The fraction of sp³-hybridized carbons (Fsp3) is 0.650. The van der Waals surface area contributed by atoms with Gasteiger partial charge in [-0.1, -0.05) is 26.8 Å². The molecule has 7 nitrogen and oxygen atoms in total. The average Bonchev–Trinajstić information content (AvgIpc) is 2.60. The van der Waals surface area contributed by atoms with E-state index in [4.69, 9.17) is 14.2 Å². The summed E-state index contributed by atoms with van der Waals surface area (Å²) in [5.74, 6) is 0.468. The second kappa shape index (κ2) is 11.1. The Morgan fingerprint density at radius 1 is 1.19 bits per heavy atom. The van der Waals surface area contributed by atoms with Crippen LogP contribution in [0.3, 0.4) is 0 Å². The first-order valence-electron chi connectivity index (χ1n) is 9.12. The Kier molecular flexibility index (Phi) is 9.55. The van der Waals surface area contributed by atoms with E-state index in [0.29, 0.717) is 31.7 Å². The number of phenolic OH excluding ortho intramolecular Hbond substituents is 1. The van der Waals surface area contributed by atoms with Gasteiger partial charge in [0.25, 0.3) is 0 Å². The van der Waals surface area contributed by atoms with Crippen LogP contribution in [0.1, 0.15) is 32.8 Å². The van der Waals surface area contributed by atoms with Gasteiger partial charge in [0.1, 0.15) is 0 Å². The number of carbonyl (C=O) groups excluding carboxylic acids is 1. The predicted octanol–water partition coefficient (Wildman–Crippen LogP) is 2.07. The quantitative estimate of drug-likeness (QED) is 0.508. The Hall–Kier alpha value is -1.83. The first-order valence-corrected chi connectivity index (χ1v) is 9.12. The van der Waals surface area contributed by atoms with Crippen LogP contribution < -0.4 is 15.4 Å². The second-order valence-electron chi connectivity index (χ2n) is 7.67. The smallest absolute Gasteiger partial charge is 0.237 e. The largest absolute Gasteiger partial charge is 0.504 e. The van der Waals surface area contributed by atoms with E-state index in [1.165, 1.54) is 7.11 Å². The summed E-state index contributed by atoms with van der Waals surface area (Å²) in [5.41, 5.74) is 0.916. The van der Waals surface area contributed by atoms with Crippen molar-refractivity contribution in [3.05, 3.63) is 23.8 Å². The minimum atomic E-state index is -0.400. The van der Waals surface area contributed by atoms with Crippen LogP contribution in [0, 0.1) is 5.41 Å². The van der Waals surface area contributed by atoms with Gasteiger partial charge in [-0.25, -0.2) is 0 Å². The Morgan fingerprint density at radius 3 is 2.37 bits per heavy atom. The number of rotatable bonds is 11. The van der Waals surface area contributed by atoms with Gasteiger partial charge in [-0.3, -0.25) is 4.79 Å². The molecule has 0 saturated heterocycles. The molecule has 0 bridgehead atoms. The van der Waals surface area contributed by atoms with Crippen LogP contribution in [0.2, 0.25) is 0 Å². The van der Waals surface area contributed by atoms with Crippen molar-refractivity contribution in [2.75, 3.05) is 34.4 Å². The van der Waals surface area contributed by atoms with Gasteiger partial charge in [0.2, 0.25) is 5.91 Å². The lowest BCUT2D eigenvalue weighted by atomic mass is 9.87. The van der Waals surface area contributed by atoms with Crippen LogP contribution in [0.4, 0.5) is 0 Å². The molecule has 0 aromatic heterocycles. The molecule has 1 rings (SSSR count). The van der Waals surface area contributed by atoms with Gasteiger partial charge in [0, 0.05) is 27.3 Å². The number of phenols is 1. The zero-order valence-corrected chi connectivity index (χ0v) is 17.3. The summed E-state index contributed by atoms with van der Waals surface area (Å²) in [7, 11) is 4.65. The summed E-state index contributed by atoms with van der Waals surface area (Å²) in [6, 6.07) is 4.89. The molecule has 0 aliphatic heterocycles. The zero-order valence-electron chi connectivity index (χ0n) is 17.3. The highest BCUT2D eigenvalue weighted by Gasteiger charge is 2.25. The number of carbonyl (C=O) groups is 1. The molecular weight excluding hydrogens is 348 g/mol. The fourth-order valence-corrected chi connectivity index (χ4v) is 2.72. The maximum absolute atomic E-state index is 12.6. The second-order valence-corrected chi connectivity index (χ2v) is 7.67. The van der Waals surface area contributed by atoms with Crippen molar-refractivity contribution in [1.82, 2.24) is 10.6 Å². The number of ether oxygens (including phenoxy) is 3. The number of amides is 1. The molecule has 154 valence electrons. The van der Waals surface area contributed by atoms with Crippen molar-refractivity contribution in [2.24, 2.45) is 5.41 Å². The van der Waals surface area contributed by atoms with Crippen molar-refractivity contribution < 1.29 is 24.1 Å². The molecule has 3 N–H and O–H groups in total. The van der Waals surface area contributed by atoms with Crippen molar-refractivity contribution >= 4 is 5.91 Å². The van der Waals surface area contributed by atoms with Crippen LogP contribution >= 0.6 is 0 Å². The molecular formula is C20H34N2O5. The zero-order chi connectivity index (χ0) is 20.4. The minimum absolute atomic E-state index is 0.00752. The molecule has 0 unspecified atom stereocenters. The van der Waals surface area contributed by atoms with Crippen molar-refractivity contribution in [3.8, 4) is 11.5 Å². The number of methoxy groups -OCH3 is 3. The molecule has 0 radical (unpaired) electrons. The van der Waals surface area contributed by atoms with Crippen molar-refractivity contribution in [2.45, 2.75) is 45.9 Å². The first-order chi connectivity index (χ1) is 12.7. The van der Waals surface area contributed by atoms with Gasteiger partial charge in [0.15, 0.2) is 17.8 Å². The van der Waals surface area contributed by atoms with E-state index in [0.717, 1.165) is 5.56 Å². The molecule has 1 aromatic rings. The molecule has 1 aromatic carbocycles. The third-order valence-electron chi connectivity index (χ3n) is 4.15. The van der Waals surface area contributed by atoms with E-state index in [2.05, 4.69) is 31.4 Å². The summed E-state index contributed by atoms with van der Waals surface area (Å²) >= 11 is 0. The molecule has 7 heteroatoms. The van der Waals surface area contributed by atoms with Crippen LogP contribution in [0.5, 0.6) is 11.5 Å². The normalized spacial score (nSPS) is 12.9. The summed E-state index contributed by atoms with van der Waals surface area (Å²) in [6.45, 7) is 7.19. The van der Waals surface area contributed by atoms with E-state index in [1.807, 2.05) is 6.07 Å². The summed E-state index contributed by atoms with van der Waals surface area (Å²) in [6.07, 6.45) is 0.898. The summed E-state index contributed by atoms with van der Waals surface area (Å²) < 4.78 is 15.4. The van der Waals surface area contributed by atoms with E-state index >= 15 is 0 Å². The number of benzene rings is 1. The SMILES string of the molecule is COc1ccc(CCNC(=O)[C@@H](CC(C)(C)C)NCC(OC)OC)cc1O. The Balaban J connectivity index is 2.60. The lowest BCUT2D eigenvalue weighted by molar-refractivity contribution is -0.125. The van der Waals surface area contributed by atoms with Gasteiger partial charge in [-0.05, 0) is 36.0 Å². The van der Waals surface area contributed by atoms with Crippen LogP contribution in [-0.2, 0) is 20.7 Å². The predicted molar refractivity (Wildman–Crippen MR) is 105 cm³/mol. The average molecular weight is 383 g/mol. The molecule has 0 saturated carbocycles. The highest BCUT2D eigenvalue weighted by atomic mass is 16.7. The van der Waals surface area contributed by atoms with Crippen molar-refractivity contribution in [1.29, 1.82) is 0 Å². The molecule has 0 spiro atoms. The van der Waals surface area contributed by atoms with E-state index in [-0.39, 0.29) is 23.1 Å². The van der Waals surface area contributed by atoms with Crippen LogP contribution in [0.25, 0.3) is 0 Å². The van der Waals surface area contributed by atoms with Gasteiger partial charge in [-0.2, -0.15) is 0 Å². The Morgan fingerprint density at radius 2 is 1.85 bits per heavy atom. The third-order valence-corrected chi connectivity index (χ3v) is 4.15. The summed E-state index contributed by atoms with van der Waals surface area (Å²) in [4.78, 5) is 12.6. The lowest BCUT2D eigenvalue weighted by Gasteiger charge is -2.27. The number of hydrogen-bond donors (Lipinski definition) is 3.